The molecule has 1 rings (SSSR count). The van der Waals surface area contributed by atoms with Gasteiger partial charge in [-0.3, -0.25) is 10.1 Å². The maximum Gasteiger partial charge on any atom is 0.311 e. The van der Waals surface area contributed by atoms with E-state index < -0.39 is 4.92 Å². The summed E-state index contributed by atoms with van der Waals surface area (Å²) >= 11 is 4.32. The average molecular weight is 299 g/mol. The summed E-state index contributed by atoms with van der Waals surface area (Å²) in [5, 5.41) is 11.0. The van der Waals surface area contributed by atoms with E-state index >= 15 is 0 Å². The van der Waals surface area contributed by atoms with Crippen LogP contribution in [0.15, 0.2) is 18.2 Å². The van der Waals surface area contributed by atoms with Gasteiger partial charge in [0.05, 0.1) is 18.6 Å². The lowest BCUT2D eigenvalue weighted by atomic mass is 9.82. The molecule has 0 radical (unpaired) electrons. The Hall–Kier alpha value is -1.43. The molecule has 0 amide bonds. The topological polar surface area (TPSA) is 61.6 Å². The van der Waals surface area contributed by atoms with Crippen molar-refractivity contribution in [3.05, 3.63) is 28.3 Å². The molecule has 1 unspecified atom stereocenters. The molecule has 1 atom stereocenters. The zero-order chi connectivity index (χ0) is 15.3. The second kappa shape index (κ2) is 6.83. The molecule has 0 N–H and O–H groups in total. The van der Waals surface area contributed by atoms with Crippen LogP contribution in [0.25, 0.3) is 0 Å². The van der Waals surface area contributed by atoms with Gasteiger partial charge in [0.2, 0.25) is 5.75 Å². The molecular weight excluding hydrogens is 278 g/mol. The SMILES string of the molecule is COc1ccc([N+](=O)[O-])c(OCC(CS)C(C)(C)C)c1. The van der Waals surface area contributed by atoms with E-state index in [4.69, 9.17) is 9.47 Å². The first kappa shape index (κ1) is 16.6. The number of benzene rings is 1. The Labute approximate surface area is 124 Å². The van der Waals surface area contributed by atoms with Crippen LogP contribution in [0.1, 0.15) is 20.8 Å². The fourth-order valence-corrected chi connectivity index (χ4v) is 2.31. The molecule has 0 saturated carbocycles. The zero-order valence-electron chi connectivity index (χ0n) is 12.3. The highest BCUT2D eigenvalue weighted by Gasteiger charge is 2.25. The zero-order valence-corrected chi connectivity index (χ0v) is 13.1. The Morgan fingerprint density at radius 3 is 2.50 bits per heavy atom. The number of methoxy groups -OCH3 is 1. The summed E-state index contributed by atoms with van der Waals surface area (Å²) in [6, 6.07) is 4.47. The van der Waals surface area contributed by atoms with Gasteiger partial charge in [0.25, 0.3) is 0 Å². The van der Waals surface area contributed by atoms with Crippen molar-refractivity contribution in [1.29, 1.82) is 0 Å². The number of hydrogen-bond acceptors (Lipinski definition) is 5. The first-order valence-corrected chi connectivity index (χ1v) is 6.99. The Balaban J connectivity index is 2.92. The van der Waals surface area contributed by atoms with Gasteiger partial charge in [-0.1, -0.05) is 20.8 Å². The van der Waals surface area contributed by atoms with E-state index in [9.17, 15) is 10.1 Å². The van der Waals surface area contributed by atoms with Crippen LogP contribution in [-0.4, -0.2) is 24.4 Å². The van der Waals surface area contributed by atoms with E-state index in [1.807, 2.05) is 0 Å². The van der Waals surface area contributed by atoms with Gasteiger partial charge in [0, 0.05) is 18.1 Å². The van der Waals surface area contributed by atoms with Crippen LogP contribution < -0.4 is 9.47 Å². The Bertz CT molecular complexity index is 471. The van der Waals surface area contributed by atoms with Crippen molar-refractivity contribution in [2.45, 2.75) is 20.8 Å². The van der Waals surface area contributed by atoms with E-state index in [-0.39, 0.29) is 22.8 Å². The van der Waals surface area contributed by atoms with Crippen molar-refractivity contribution < 1.29 is 14.4 Å². The van der Waals surface area contributed by atoms with E-state index in [1.54, 1.807) is 6.07 Å². The summed E-state index contributed by atoms with van der Waals surface area (Å²) in [6.45, 7) is 6.66. The second-order valence-corrected chi connectivity index (χ2v) is 6.01. The number of rotatable bonds is 6. The van der Waals surface area contributed by atoms with Gasteiger partial charge in [0.15, 0.2) is 0 Å². The Morgan fingerprint density at radius 2 is 2.05 bits per heavy atom. The first-order valence-electron chi connectivity index (χ1n) is 6.35. The van der Waals surface area contributed by atoms with Crippen LogP contribution in [0, 0.1) is 21.4 Å². The number of thiol groups is 1. The van der Waals surface area contributed by atoms with Gasteiger partial charge in [0.1, 0.15) is 5.75 Å². The fraction of sp³-hybridized carbons (Fsp3) is 0.571. The number of nitrogens with zero attached hydrogens (tertiary/aromatic N) is 1. The summed E-state index contributed by atoms with van der Waals surface area (Å²) < 4.78 is 10.7. The molecule has 0 aromatic heterocycles. The standard InChI is InChI=1S/C14H21NO4S/c1-14(2,3)10(9-20)8-19-13-7-11(18-4)5-6-12(13)15(16)17/h5-7,10,20H,8-9H2,1-4H3. The smallest absolute Gasteiger partial charge is 0.311 e. The molecular formula is C14H21NO4S. The van der Waals surface area contributed by atoms with Crippen molar-refractivity contribution in [1.82, 2.24) is 0 Å². The van der Waals surface area contributed by atoms with E-state index in [1.165, 1.54) is 19.2 Å². The minimum atomic E-state index is -0.457. The molecule has 0 bridgehead atoms. The van der Waals surface area contributed by atoms with Crippen LogP contribution in [-0.2, 0) is 0 Å². The molecule has 0 spiro atoms. The molecule has 6 heteroatoms. The second-order valence-electron chi connectivity index (χ2n) is 5.65. The summed E-state index contributed by atoms with van der Waals surface area (Å²) in [5.41, 5.74) is -0.0345. The summed E-state index contributed by atoms with van der Waals surface area (Å²) in [7, 11) is 1.51. The number of hydrogen-bond donors (Lipinski definition) is 1. The molecule has 20 heavy (non-hydrogen) atoms. The van der Waals surface area contributed by atoms with Crippen molar-refractivity contribution in [2.24, 2.45) is 11.3 Å². The van der Waals surface area contributed by atoms with Gasteiger partial charge in [-0.2, -0.15) is 12.6 Å². The minimum Gasteiger partial charge on any atom is -0.497 e. The third-order valence-electron chi connectivity index (χ3n) is 3.25. The molecule has 0 aliphatic carbocycles. The summed E-state index contributed by atoms with van der Waals surface area (Å²) in [4.78, 5) is 10.5. The molecule has 1 aromatic carbocycles. The fourth-order valence-electron chi connectivity index (χ4n) is 1.65. The number of ether oxygens (including phenoxy) is 2. The largest absolute Gasteiger partial charge is 0.497 e. The van der Waals surface area contributed by atoms with Crippen molar-refractivity contribution in [3.63, 3.8) is 0 Å². The first-order chi connectivity index (χ1) is 9.29. The van der Waals surface area contributed by atoms with Gasteiger partial charge >= 0.3 is 5.69 Å². The Morgan fingerprint density at radius 1 is 1.40 bits per heavy atom. The van der Waals surface area contributed by atoms with Gasteiger partial charge in [-0.15, -0.1) is 0 Å². The highest BCUT2D eigenvalue weighted by atomic mass is 32.1. The maximum absolute atomic E-state index is 11.0. The van der Waals surface area contributed by atoms with Crippen LogP contribution in [0.2, 0.25) is 0 Å². The monoisotopic (exact) mass is 299 g/mol. The van der Waals surface area contributed by atoms with Crippen LogP contribution in [0.4, 0.5) is 5.69 Å². The maximum atomic E-state index is 11.0. The van der Waals surface area contributed by atoms with E-state index in [0.717, 1.165) is 0 Å². The van der Waals surface area contributed by atoms with Crippen molar-refractivity contribution >= 4 is 18.3 Å². The quantitative estimate of drug-likeness (QED) is 0.495. The lowest BCUT2D eigenvalue weighted by Gasteiger charge is -2.29. The van der Waals surface area contributed by atoms with Gasteiger partial charge in [-0.05, 0) is 17.2 Å². The summed E-state index contributed by atoms with van der Waals surface area (Å²) in [6.07, 6.45) is 0. The highest BCUT2D eigenvalue weighted by molar-refractivity contribution is 7.80. The normalized spacial score (nSPS) is 12.8. The third kappa shape index (κ3) is 4.30. The number of nitro benzene ring substituents is 1. The van der Waals surface area contributed by atoms with E-state index in [2.05, 4.69) is 33.4 Å². The van der Waals surface area contributed by atoms with Crippen molar-refractivity contribution in [3.8, 4) is 11.5 Å². The molecule has 5 nitrogen and oxygen atoms in total. The minimum absolute atomic E-state index is 0.0232. The van der Waals surface area contributed by atoms with Crippen LogP contribution in [0.5, 0.6) is 11.5 Å². The molecule has 0 fully saturated rings. The van der Waals surface area contributed by atoms with E-state index in [0.29, 0.717) is 18.1 Å². The molecule has 1 aromatic rings. The highest BCUT2D eigenvalue weighted by Crippen LogP contribution is 2.33. The van der Waals surface area contributed by atoms with Crippen LogP contribution in [0.3, 0.4) is 0 Å². The predicted octanol–water partition coefficient (Wildman–Crippen LogP) is 3.57. The third-order valence-corrected chi connectivity index (χ3v) is 3.69. The lowest BCUT2D eigenvalue weighted by molar-refractivity contribution is -0.385. The van der Waals surface area contributed by atoms with Crippen molar-refractivity contribution in [2.75, 3.05) is 19.5 Å². The summed E-state index contributed by atoms with van der Waals surface area (Å²) in [5.74, 6) is 1.60. The van der Waals surface area contributed by atoms with Gasteiger partial charge < -0.3 is 9.47 Å². The molecule has 112 valence electrons. The molecule has 0 aliphatic heterocycles. The van der Waals surface area contributed by atoms with Crippen LogP contribution >= 0.6 is 12.6 Å². The number of nitro groups is 1. The lowest BCUT2D eigenvalue weighted by Crippen LogP contribution is -2.28. The molecule has 0 heterocycles. The van der Waals surface area contributed by atoms with Gasteiger partial charge in [-0.25, -0.2) is 0 Å². The average Bonchev–Trinajstić information content (AvgIpc) is 2.37. The molecule has 0 saturated heterocycles. The predicted molar refractivity (Wildman–Crippen MR) is 81.9 cm³/mol. The Kier molecular flexibility index (Phi) is 5.68. The molecule has 0 aliphatic rings.